The van der Waals surface area contributed by atoms with Gasteiger partial charge in [-0.1, -0.05) is 13.3 Å². The molecule has 5 nitrogen and oxygen atoms in total. The molecule has 0 radical (unpaired) electrons. The van der Waals surface area contributed by atoms with Crippen molar-refractivity contribution in [2.45, 2.75) is 38.6 Å². The molecule has 0 bridgehead atoms. The molecule has 0 aromatic carbocycles. The van der Waals surface area contributed by atoms with E-state index in [-0.39, 0.29) is 11.9 Å². The van der Waals surface area contributed by atoms with Crippen molar-refractivity contribution < 1.29 is 19.4 Å². The number of carbonyl (C=O) groups excluding carboxylic acids is 1. The maximum atomic E-state index is 11.8. The molecule has 17 heavy (non-hydrogen) atoms. The summed E-state index contributed by atoms with van der Waals surface area (Å²) in [6.45, 7) is 2.85. The first-order valence-corrected chi connectivity index (χ1v) is 6.11. The highest BCUT2D eigenvalue weighted by molar-refractivity contribution is 5.80. The van der Waals surface area contributed by atoms with E-state index in [0.29, 0.717) is 26.0 Å². The number of amides is 1. The third-order valence-electron chi connectivity index (χ3n) is 3.22. The van der Waals surface area contributed by atoms with Crippen LogP contribution < -0.4 is 0 Å². The third-order valence-corrected chi connectivity index (χ3v) is 3.22. The minimum Gasteiger partial charge on any atom is -0.481 e. The van der Waals surface area contributed by atoms with Crippen LogP contribution >= 0.6 is 0 Å². The smallest absolute Gasteiger partial charge is 0.308 e. The van der Waals surface area contributed by atoms with Gasteiger partial charge in [-0.25, -0.2) is 0 Å². The van der Waals surface area contributed by atoms with E-state index in [4.69, 9.17) is 9.84 Å². The van der Waals surface area contributed by atoms with Crippen LogP contribution in [0, 0.1) is 5.92 Å². The lowest BCUT2D eigenvalue weighted by atomic mass is 9.95. The van der Waals surface area contributed by atoms with Crippen molar-refractivity contribution in [3.8, 4) is 0 Å². The van der Waals surface area contributed by atoms with Gasteiger partial charge in [0.15, 0.2) is 0 Å². The fraction of sp³-hybridized carbons (Fsp3) is 0.833. The van der Waals surface area contributed by atoms with Gasteiger partial charge in [0.1, 0.15) is 0 Å². The van der Waals surface area contributed by atoms with Crippen LogP contribution in [0.4, 0.5) is 0 Å². The highest BCUT2D eigenvalue weighted by Crippen LogP contribution is 2.21. The normalized spacial score (nSPS) is 22.6. The number of carbonyl (C=O) groups is 2. The Morgan fingerprint density at radius 3 is 2.88 bits per heavy atom. The first kappa shape index (κ1) is 14.0. The Morgan fingerprint density at radius 1 is 1.65 bits per heavy atom. The molecule has 1 fully saturated rings. The van der Waals surface area contributed by atoms with E-state index >= 15 is 0 Å². The van der Waals surface area contributed by atoms with Gasteiger partial charge in [-0.05, 0) is 12.8 Å². The Morgan fingerprint density at radius 2 is 2.35 bits per heavy atom. The molecule has 98 valence electrons. The molecule has 0 aromatic rings. The van der Waals surface area contributed by atoms with Gasteiger partial charge in [0.05, 0.1) is 18.6 Å². The van der Waals surface area contributed by atoms with Gasteiger partial charge in [0.2, 0.25) is 5.91 Å². The standard InChI is InChI=1S/C12H21NO4/c1-3-4-10(8-17-2)13-7-9(12(15)16)5-6-11(13)14/h9-10H,3-8H2,1-2H3,(H,15,16). The highest BCUT2D eigenvalue weighted by atomic mass is 16.5. The summed E-state index contributed by atoms with van der Waals surface area (Å²) in [6.07, 6.45) is 2.60. The largest absolute Gasteiger partial charge is 0.481 e. The number of hydrogen-bond acceptors (Lipinski definition) is 3. The summed E-state index contributed by atoms with van der Waals surface area (Å²) in [4.78, 5) is 24.5. The lowest BCUT2D eigenvalue weighted by Crippen LogP contribution is -2.49. The van der Waals surface area contributed by atoms with Crippen LogP contribution in [0.5, 0.6) is 0 Å². The SMILES string of the molecule is CCCC(COC)N1CC(C(=O)O)CCC1=O. The topological polar surface area (TPSA) is 66.8 Å². The van der Waals surface area contributed by atoms with Gasteiger partial charge in [-0.3, -0.25) is 9.59 Å². The second-order valence-electron chi connectivity index (χ2n) is 4.52. The van der Waals surface area contributed by atoms with Crippen LogP contribution in [0.15, 0.2) is 0 Å². The first-order valence-electron chi connectivity index (χ1n) is 6.11. The van der Waals surface area contributed by atoms with Gasteiger partial charge in [0, 0.05) is 20.1 Å². The van der Waals surface area contributed by atoms with Crippen LogP contribution in [0.25, 0.3) is 0 Å². The van der Waals surface area contributed by atoms with E-state index in [0.717, 1.165) is 12.8 Å². The third kappa shape index (κ3) is 3.70. The van der Waals surface area contributed by atoms with Gasteiger partial charge in [-0.15, -0.1) is 0 Å². The van der Waals surface area contributed by atoms with Crippen molar-refractivity contribution in [2.24, 2.45) is 5.92 Å². The summed E-state index contributed by atoms with van der Waals surface area (Å²) < 4.78 is 5.11. The molecular weight excluding hydrogens is 222 g/mol. The summed E-state index contributed by atoms with van der Waals surface area (Å²) >= 11 is 0. The fourth-order valence-corrected chi connectivity index (χ4v) is 2.28. The molecule has 0 saturated carbocycles. The zero-order valence-electron chi connectivity index (χ0n) is 10.5. The molecule has 2 atom stereocenters. The molecule has 1 saturated heterocycles. The number of nitrogens with zero attached hydrogens (tertiary/aromatic N) is 1. The molecule has 0 aromatic heterocycles. The van der Waals surface area contributed by atoms with Crippen molar-refractivity contribution in [1.29, 1.82) is 0 Å². The van der Waals surface area contributed by atoms with Crippen LogP contribution in [-0.4, -0.2) is 48.2 Å². The Bertz CT molecular complexity index is 274. The zero-order chi connectivity index (χ0) is 12.8. The van der Waals surface area contributed by atoms with Gasteiger partial charge in [-0.2, -0.15) is 0 Å². The van der Waals surface area contributed by atoms with E-state index < -0.39 is 11.9 Å². The number of rotatable bonds is 6. The molecule has 1 N–H and O–H groups in total. The lowest BCUT2D eigenvalue weighted by molar-refractivity contribution is -0.149. The minimum atomic E-state index is -0.810. The summed E-state index contributed by atoms with van der Waals surface area (Å²) in [7, 11) is 1.60. The number of aliphatic carboxylic acids is 1. The first-order chi connectivity index (χ1) is 8.10. The number of carboxylic acids is 1. The highest BCUT2D eigenvalue weighted by Gasteiger charge is 2.33. The molecule has 0 aliphatic carbocycles. The summed E-state index contributed by atoms with van der Waals surface area (Å²) in [6, 6.07) is 0.0136. The van der Waals surface area contributed by atoms with Crippen molar-refractivity contribution in [3.63, 3.8) is 0 Å². The number of likely N-dealkylation sites (tertiary alicyclic amines) is 1. The lowest BCUT2D eigenvalue weighted by Gasteiger charge is -2.36. The van der Waals surface area contributed by atoms with E-state index in [1.54, 1.807) is 12.0 Å². The van der Waals surface area contributed by atoms with E-state index in [1.165, 1.54) is 0 Å². The number of carboxylic acid groups (broad SMARTS) is 1. The molecule has 1 amide bonds. The van der Waals surface area contributed by atoms with Crippen molar-refractivity contribution in [2.75, 3.05) is 20.3 Å². The molecule has 1 aliphatic rings. The fourth-order valence-electron chi connectivity index (χ4n) is 2.28. The van der Waals surface area contributed by atoms with Crippen LogP contribution in [0.1, 0.15) is 32.6 Å². The Labute approximate surface area is 102 Å². The van der Waals surface area contributed by atoms with Gasteiger partial charge < -0.3 is 14.7 Å². The molecule has 1 heterocycles. The van der Waals surface area contributed by atoms with Crippen LogP contribution in [0.3, 0.4) is 0 Å². The monoisotopic (exact) mass is 243 g/mol. The van der Waals surface area contributed by atoms with Gasteiger partial charge in [0.25, 0.3) is 0 Å². The van der Waals surface area contributed by atoms with Crippen LogP contribution in [-0.2, 0) is 14.3 Å². The predicted octanol–water partition coefficient (Wildman–Crippen LogP) is 1.12. The molecule has 5 heteroatoms. The van der Waals surface area contributed by atoms with Crippen molar-refractivity contribution in [1.82, 2.24) is 4.90 Å². The molecular formula is C12H21NO4. The van der Waals surface area contributed by atoms with Crippen LogP contribution in [0.2, 0.25) is 0 Å². The van der Waals surface area contributed by atoms with E-state index in [9.17, 15) is 9.59 Å². The maximum Gasteiger partial charge on any atom is 0.308 e. The summed E-state index contributed by atoms with van der Waals surface area (Å²) in [5, 5.41) is 9.01. The number of methoxy groups -OCH3 is 1. The zero-order valence-corrected chi connectivity index (χ0v) is 10.5. The molecule has 1 aliphatic heterocycles. The van der Waals surface area contributed by atoms with Crippen molar-refractivity contribution in [3.05, 3.63) is 0 Å². The maximum absolute atomic E-state index is 11.8. The second-order valence-corrected chi connectivity index (χ2v) is 4.52. The molecule has 0 spiro atoms. The summed E-state index contributed by atoms with van der Waals surface area (Å²) in [5.74, 6) is -1.18. The average Bonchev–Trinajstić information content (AvgIpc) is 2.29. The van der Waals surface area contributed by atoms with Crippen molar-refractivity contribution >= 4 is 11.9 Å². The number of hydrogen-bond donors (Lipinski definition) is 1. The predicted molar refractivity (Wildman–Crippen MR) is 62.6 cm³/mol. The van der Waals surface area contributed by atoms with Gasteiger partial charge >= 0.3 is 5.97 Å². The number of ether oxygens (including phenoxy) is 1. The molecule has 1 rings (SSSR count). The average molecular weight is 243 g/mol. The Balaban J connectivity index is 2.69. The Hall–Kier alpha value is -1.10. The minimum absolute atomic E-state index is 0.0136. The second kappa shape index (κ2) is 6.59. The summed E-state index contributed by atoms with van der Waals surface area (Å²) in [5.41, 5.74) is 0. The Kier molecular flexibility index (Phi) is 5.41. The quantitative estimate of drug-likeness (QED) is 0.759. The van der Waals surface area contributed by atoms with E-state index in [2.05, 4.69) is 0 Å². The molecule has 2 unspecified atom stereocenters. The van der Waals surface area contributed by atoms with E-state index in [1.807, 2.05) is 6.92 Å². The number of piperidine rings is 1.